The third-order valence-corrected chi connectivity index (χ3v) is 3.29. The maximum atomic E-state index is 10.00. The van der Waals surface area contributed by atoms with Crippen molar-refractivity contribution in [3.8, 4) is 5.75 Å². The molecule has 1 heterocycles. The molecule has 0 radical (unpaired) electrons. The van der Waals surface area contributed by atoms with E-state index < -0.39 is 0 Å². The van der Waals surface area contributed by atoms with E-state index in [1.807, 2.05) is 24.3 Å². The topological polar surface area (TPSA) is 29.5 Å². The molecule has 0 saturated heterocycles. The van der Waals surface area contributed by atoms with Crippen LogP contribution in [-0.4, -0.2) is 11.2 Å². The zero-order valence-electron chi connectivity index (χ0n) is 9.31. The normalized spacial score (nSPS) is 26.6. The van der Waals surface area contributed by atoms with E-state index in [0.29, 0.717) is 12.3 Å². The van der Waals surface area contributed by atoms with Crippen LogP contribution in [0.25, 0.3) is 0 Å². The summed E-state index contributed by atoms with van der Waals surface area (Å²) < 4.78 is 5.90. The van der Waals surface area contributed by atoms with E-state index in [1.165, 1.54) is 0 Å². The molecule has 2 nitrogen and oxygen atoms in total. The van der Waals surface area contributed by atoms with Crippen molar-refractivity contribution in [3.63, 3.8) is 0 Å². The first-order valence-corrected chi connectivity index (χ1v) is 5.66. The first-order chi connectivity index (χ1) is 7.22. The second-order valence-corrected chi connectivity index (χ2v) is 4.33. The van der Waals surface area contributed by atoms with Crippen molar-refractivity contribution in [2.75, 3.05) is 0 Å². The third-order valence-electron chi connectivity index (χ3n) is 3.29. The average molecular weight is 206 g/mol. The summed E-state index contributed by atoms with van der Waals surface area (Å²) in [5, 5.41) is 10.00. The van der Waals surface area contributed by atoms with Crippen molar-refractivity contribution in [2.45, 2.75) is 38.9 Å². The molecule has 1 N–H and O–H groups in total. The van der Waals surface area contributed by atoms with Gasteiger partial charge in [0.05, 0.1) is 6.10 Å². The van der Waals surface area contributed by atoms with Gasteiger partial charge in [0.25, 0.3) is 0 Å². The van der Waals surface area contributed by atoms with Crippen LogP contribution in [0.15, 0.2) is 24.3 Å². The van der Waals surface area contributed by atoms with Crippen molar-refractivity contribution in [1.29, 1.82) is 0 Å². The van der Waals surface area contributed by atoms with Crippen LogP contribution in [0.4, 0.5) is 0 Å². The Labute approximate surface area is 90.9 Å². The third kappa shape index (κ3) is 2.00. The number of ether oxygens (including phenoxy) is 1. The van der Waals surface area contributed by atoms with Gasteiger partial charge in [-0.05, 0) is 12.0 Å². The summed E-state index contributed by atoms with van der Waals surface area (Å²) in [4.78, 5) is 0. The van der Waals surface area contributed by atoms with Gasteiger partial charge in [-0.2, -0.15) is 0 Å². The molecule has 0 aliphatic carbocycles. The molecular weight excluding hydrogens is 188 g/mol. The van der Waals surface area contributed by atoms with Gasteiger partial charge in [0.15, 0.2) is 0 Å². The van der Waals surface area contributed by atoms with Crippen molar-refractivity contribution < 1.29 is 9.84 Å². The first-order valence-electron chi connectivity index (χ1n) is 5.66. The number of hydrogen-bond donors (Lipinski definition) is 1. The molecule has 2 heteroatoms. The maximum Gasteiger partial charge on any atom is 0.125 e. The van der Waals surface area contributed by atoms with Gasteiger partial charge in [0.2, 0.25) is 0 Å². The fourth-order valence-electron chi connectivity index (χ4n) is 2.03. The van der Waals surface area contributed by atoms with Gasteiger partial charge in [0.1, 0.15) is 11.9 Å². The molecule has 0 saturated carbocycles. The zero-order valence-corrected chi connectivity index (χ0v) is 9.31. The molecule has 3 atom stereocenters. The van der Waals surface area contributed by atoms with E-state index in [9.17, 15) is 5.11 Å². The van der Waals surface area contributed by atoms with Crippen LogP contribution < -0.4 is 4.74 Å². The number of rotatable bonds is 2. The van der Waals surface area contributed by atoms with E-state index in [1.54, 1.807) is 0 Å². The molecule has 1 aromatic rings. The van der Waals surface area contributed by atoms with Crippen LogP contribution in [0.2, 0.25) is 0 Å². The highest BCUT2D eigenvalue weighted by Crippen LogP contribution is 2.36. The molecule has 2 rings (SSSR count). The molecular formula is C13H18O2. The average Bonchev–Trinajstić information content (AvgIpc) is 2.28. The van der Waals surface area contributed by atoms with Gasteiger partial charge in [-0.25, -0.2) is 0 Å². The van der Waals surface area contributed by atoms with Crippen molar-refractivity contribution in [3.05, 3.63) is 29.8 Å². The number of benzene rings is 1. The summed E-state index contributed by atoms with van der Waals surface area (Å²) >= 11 is 0. The minimum absolute atomic E-state index is 0.153. The minimum atomic E-state index is -0.367. The summed E-state index contributed by atoms with van der Waals surface area (Å²) in [7, 11) is 0. The molecule has 1 aromatic carbocycles. The largest absolute Gasteiger partial charge is 0.490 e. The summed E-state index contributed by atoms with van der Waals surface area (Å²) in [6.45, 7) is 4.33. The van der Waals surface area contributed by atoms with Crippen LogP contribution in [0.5, 0.6) is 5.75 Å². The lowest BCUT2D eigenvalue weighted by Gasteiger charge is -2.32. The van der Waals surface area contributed by atoms with E-state index in [-0.39, 0.29) is 12.2 Å². The molecule has 82 valence electrons. The van der Waals surface area contributed by atoms with Gasteiger partial charge in [-0.15, -0.1) is 0 Å². The van der Waals surface area contributed by atoms with Gasteiger partial charge in [-0.3, -0.25) is 0 Å². The maximum absolute atomic E-state index is 10.00. The van der Waals surface area contributed by atoms with Gasteiger partial charge in [-0.1, -0.05) is 38.5 Å². The fraction of sp³-hybridized carbons (Fsp3) is 0.538. The lowest BCUT2D eigenvalue weighted by molar-refractivity contribution is 0.0375. The summed E-state index contributed by atoms with van der Waals surface area (Å²) in [6.07, 6.45) is 1.58. The summed E-state index contributed by atoms with van der Waals surface area (Å²) in [5.74, 6) is 1.34. The number of fused-ring (bicyclic) bond motifs is 1. The molecule has 0 amide bonds. The van der Waals surface area contributed by atoms with E-state index in [4.69, 9.17) is 4.74 Å². The summed E-state index contributed by atoms with van der Waals surface area (Å²) in [5.41, 5.74) is 0.928. The van der Waals surface area contributed by atoms with E-state index in [0.717, 1.165) is 17.7 Å². The second-order valence-electron chi connectivity index (χ2n) is 4.33. The van der Waals surface area contributed by atoms with E-state index in [2.05, 4.69) is 13.8 Å². The van der Waals surface area contributed by atoms with Crippen molar-refractivity contribution >= 4 is 0 Å². The predicted octanol–water partition coefficient (Wildman–Crippen LogP) is 2.92. The number of aliphatic hydroxyl groups is 1. The van der Waals surface area contributed by atoms with Crippen LogP contribution in [-0.2, 0) is 0 Å². The standard InChI is InChI=1S/C13H18O2/c1-3-9(2)13-8-11(14)10-6-4-5-7-12(10)15-13/h4-7,9,11,13-14H,3,8H2,1-2H3. The highest BCUT2D eigenvalue weighted by atomic mass is 16.5. The quantitative estimate of drug-likeness (QED) is 0.806. The Balaban J connectivity index is 2.22. The highest BCUT2D eigenvalue weighted by molar-refractivity contribution is 5.36. The Kier molecular flexibility index (Phi) is 2.96. The zero-order chi connectivity index (χ0) is 10.8. The fourth-order valence-corrected chi connectivity index (χ4v) is 2.03. The Morgan fingerprint density at radius 3 is 2.93 bits per heavy atom. The van der Waals surface area contributed by atoms with Crippen molar-refractivity contribution in [2.24, 2.45) is 5.92 Å². The molecule has 0 fully saturated rings. The number of aliphatic hydroxyl groups excluding tert-OH is 1. The molecule has 3 unspecified atom stereocenters. The Bertz CT molecular complexity index is 335. The Morgan fingerprint density at radius 1 is 1.47 bits per heavy atom. The summed E-state index contributed by atoms with van der Waals surface area (Å²) in [6, 6.07) is 7.76. The SMILES string of the molecule is CCC(C)C1CC(O)c2ccccc2O1. The Morgan fingerprint density at radius 2 is 2.20 bits per heavy atom. The molecule has 1 aliphatic rings. The molecule has 1 aliphatic heterocycles. The smallest absolute Gasteiger partial charge is 0.125 e. The van der Waals surface area contributed by atoms with Crippen LogP contribution in [0.1, 0.15) is 38.4 Å². The Hall–Kier alpha value is -1.02. The molecule has 0 spiro atoms. The van der Waals surface area contributed by atoms with Gasteiger partial charge < -0.3 is 9.84 Å². The van der Waals surface area contributed by atoms with Gasteiger partial charge >= 0.3 is 0 Å². The highest BCUT2D eigenvalue weighted by Gasteiger charge is 2.29. The van der Waals surface area contributed by atoms with Gasteiger partial charge in [0, 0.05) is 12.0 Å². The van der Waals surface area contributed by atoms with Crippen LogP contribution in [0, 0.1) is 5.92 Å². The first kappa shape index (κ1) is 10.5. The second kappa shape index (κ2) is 4.23. The minimum Gasteiger partial charge on any atom is -0.490 e. The predicted molar refractivity (Wildman–Crippen MR) is 59.9 cm³/mol. The molecule has 15 heavy (non-hydrogen) atoms. The number of hydrogen-bond acceptors (Lipinski definition) is 2. The molecule has 0 aromatic heterocycles. The number of para-hydroxylation sites is 1. The van der Waals surface area contributed by atoms with E-state index >= 15 is 0 Å². The monoisotopic (exact) mass is 206 g/mol. The van der Waals surface area contributed by atoms with Crippen LogP contribution in [0.3, 0.4) is 0 Å². The van der Waals surface area contributed by atoms with Crippen molar-refractivity contribution in [1.82, 2.24) is 0 Å². The molecule has 0 bridgehead atoms. The lowest BCUT2D eigenvalue weighted by atomic mass is 9.91. The lowest BCUT2D eigenvalue weighted by Crippen LogP contribution is -2.31. The van der Waals surface area contributed by atoms with Crippen LogP contribution >= 0.6 is 0 Å².